The number of hydrogen-bond donors (Lipinski definition) is 5. The molecule has 0 aliphatic heterocycles. The fourth-order valence-corrected chi connectivity index (χ4v) is 3.68. The van der Waals surface area contributed by atoms with E-state index in [1.807, 2.05) is 13.8 Å². The second-order valence-corrected chi connectivity index (χ2v) is 10.5. The topological polar surface area (TPSA) is 185 Å². The maximum atomic E-state index is 12.0. The Bertz CT molecular complexity index is 640. The molecule has 34 heavy (non-hydrogen) atoms. The van der Waals surface area contributed by atoms with E-state index in [-0.39, 0.29) is 70.7 Å². The van der Waals surface area contributed by atoms with Gasteiger partial charge < -0.3 is 29.8 Å². The number of aliphatic hydroxyl groups excluding tert-OH is 1. The summed E-state index contributed by atoms with van der Waals surface area (Å²) in [7, 11) is -8.61. The summed E-state index contributed by atoms with van der Waals surface area (Å²) in [6.07, 6.45) is 0.134. The number of ether oxygens (including phenoxy) is 1. The van der Waals surface area contributed by atoms with Crippen LogP contribution in [0, 0.1) is 5.92 Å². The van der Waals surface area contributed by atoms with Gasteiger partial charge in [-0.05, 0) is 13.8 Å². The van der Waals surface area contributed by atoms with Crippen molar-refractivity contribution in [2.24, 2.45) is 5.92 Å². The first-order valence-corrected chi connectivity index (χ1v) is 14.1. The first kappa shape index (κ1) is 33.5. The quantitative estimate of drug-likeness (QED) is 0.0722. The fourth-order valence-electron chi connectivity index (χ4n) is 2.32. The highest BCUT2D eigenvalue weighted by molar-refractivity contribution is 7.47. The molecule has 0 saturated heterocycles. The zero-order chi connectivity index (χ0) is 26.0. The van der Waals surface area contributed by atoms with Crippen LogP contribution in [-0.4, -0.2) is 104 Å². The third-order valence-electron chi connectivity index (χ3n) is 3.92. The Morgan fingerprint density at radius 2 is 1.35 bits per heavy atom. The van der Waals surface area contributed by atoms with E-state index in [1.165, 1.54) is 4.90 Å². The van der Waals surface area contributed by atoms with Crippen LogP contribution >= 0.6 is 15.6 Å². The summed E-state index contributed by atoms with van der Waals surface area (Å²) in [6.45, 7) is 7.69. The Labute approximate surface area is 201 Å². The number of rotatable bonds is 22. The molecule has 0 spiro atoms. The van der Waals surface area contributed by atoms with E-state index in [9.17, 15) is 23.7 Å². The van der Waals surface area contributed by atoms with E-state index >= 15 is 0 Å². The molecule has 2 atom stereocenters. The van der Waals surface area contributed by atoms with E-state index in [0.717, 1.165) is 0 Å². The first-order valence-electron chi connectivity index (χ1n) is 11.1. The summed E-state index contributed by atoms with van der Waals surface area (Å²) >= 11 is 0. The molecule has 0 rings (SSSR count). The summed E-state index contributed by atoms with van der Waals surface area (Å²) < 4.78 is 48.1. The third-order valence-corrected chi connectivity index (χ3v) is 5.90. The van der Waals surface area contributed by atoms with Gasteiger partial charge in [-0.1, -0.05) is 13.8 Å². The molecule has 14 nitrogen and oxygen atoms in total. The Morgan fingerprint density at radius 3 is 1.91 bits per heavy atom. The zero-order valence-electron chi connectivity index (χ0n) is 20.4. The predicted octanol–water partition coefficient (Wildman–Crippen LogP) is 0.292. The lowest BCUT2D eigenvalue weighted by Crippen LogP contribution is -2.38. The van der Waals surface area contributed by atoms with Crippen LogP contribution in [-0.2, 0) is 36.8 Å². The van der Waals surface area contributed by atoms with Gasteiger partial charge in [0.1, 0.15) is 6.73 Å². The van der Waals surface area contributed by atoms with Gasteiger partial charge in [0.15, 0.2) is 0 Å². The molecule has 0 fully saturated rings. The molecule has 0 aromatic heterocycles. The minimum Gasteiger partial charge on any atom is -0.395 e. The molecule has 0 radical (unpaired) electrons. The lowest BCUT2D eigenvalue weighted by molar-refractivity contribution is -0.135. The van der Waals surface area contributed by atoms with Crippen LogP contribution < -0.4 is 10.6 Å². The molecule has 0 aromatic carbocycles. The molecule has 5 N–H and O–H groups in total. The number of aliphatic hydroxyl groups is 1. The van der Waals surface area contributed by atoms with Crippen LogP contribution in [0.25, 0.3) is 0 Å². The monoisotopic (exact) mass is 537 g/mol. The number of nitrogens with one attached hydrogen (secondary N) is 2. The highest BCUT2D eigenvalue weighted by atomic mass is 31.2. The van der Waals surface area contributed by atoms with Crippen molar-refractivity contribution >= 4 is 21.6 Å². The number of phosphoric acid groups is 2. The molecule has 2 unspecified atom stereocenters. The Balaban J connectivity index is 3.92. The molecule has 0 aliphatic rings. The molecule has 0 bridgehead atoms. The summed E-state index contributed by atoms with van der Waals surface area (Å²) in [5.74, 6) is -0.508. The first-order chi connectivity index (χ1) is 15.9. The maximum Gasteiger partial charge on any atom is 0.473 e. The molecule has 0 aliphatic carbocycles. The van der Waals surface area contributed by atoms with Gasteiger partial charge in [-0.15, -0.1) is 0 Å². The van der Waals surface area contributed by atoms with Gasteiger partial charge in [0.25, 0.3) is 0 Å². The normalized spacial score (nSPS) is 15.4. The van der Waals surface area contributed by atoms with Gasteiger partial charge >= 0.3 is 15.6 Å². The van der Waals surface area contributed by atoms with Gasteiger partial charge in [0.05, 0.1) is 39.1 Å². The number of phosphoric ester groups is 2. The summed E-state index contributed by atoms with van der Waals surface area (Å²) in [5, 5.41) is 14.6. The number of carbonyl (C=O) groups excluding carboxylic acids is 1. The van der Waals surface area contributed by atoms with Crippen LogP contribution in [0.4, 0.5) is 0 Å². The van der Waals surface area contributed by atoms with Crippen molar-refractivity contribution in [1.29, 1.82) is 0 Å². The number of nitrogens with zero attached hydrogens (tertiary/aromatic N) is 1. The van der Waals surface area contributed by atoms with Crippen LogP contribution in [0.3, 0.4) is 0 Å². The Morgan fingerprint density at radius 1 is 0.824 bits per heavy atom. The SMILES string of the molecule is CC(C)OCCNCCOP(=O)(O)OCCNCOP(=O)(O)OCCN(CCO)C(=O)C(C)C. The molecular weight excluding hydrogens is 496 g/mol. The molecule has 0 heterocycles. The Kier molecular flexibility index (Phi) is 18.5. The van der Waals surface area contributed by atoms with Crippen LogP contribution in [0.15, 0.2) is 0 Å². The second-order valence-electron chi connectivity index (χ2n) is 7.58. The van der Waals surface area contributed by atoms with Crippen molar-refractivity contribution in [3.8, 4) is 0 Å². The predicted molar refractivity (Wildman–Crippen MR) is 124 cm³/mol. The maximum absolute atomic E-state index is 12.0. The number of amides is 1. The van der Waals surface area contributed by atoms with Crippen molar-refractivity contribution in [3.05, 3.63) is 0 Å². The van der Waals surface area contributed by atoms with Crippen LogP contribution in [0.5, 0.6) is 0 Å². The lowest BCUT2D eigenvalue weighted by Gasteiger charge is -2.24. The van der Waals surface area contributed by atoms with Gasteiger partial charge in [-0.25, -0.2) is 9.13 Å². The summed E-state index contributed by atoms with van der Waals surface area (Å²) in [4.78, 5) is 32.6. The number of carbonyl (C=O) groups is 1. The average Bonchev–Trinajstić information content (AvgIpc) is 2.73. The van der Waals surface area contributed by atoms with Gasteiger partial charge in [0.2, 0.25) is 5.91 Å². The van der Waals surface area contributed by atoms with Crippen molar-refractivity contribution in [2.45, 2.75) is 33.8 Å². The lowest BCUT2D eigenvalue weighted by atomic mass is 10.2. The standard InChI is InChI=1S/C18H41N3O11P2/c1-16(2)18(23)21(8-10-22)9-14-31-34(26,27)32-15-20-7-13-30-33(24,25)29-12-6-19-5-11-28-17(3)4/h16-17,19-20,22H,5-15H2,1-4H3,(H,24,25)(H,26,27). The number of hydrogen-bond acceptors (Lipinski definition) is 11. The fraction of sp³-hybridized carbons (Fsp3) is 0.944. The molecule has 204 valence electrons. The van der Waals surface area contributed by atoms with E-state index in [4.69, 9.17) is 27.9 Å². The third kappa shape index (κ3) is 18.8. The molecule has 16 heteroatoms. The van der Waals surface area contributed by atoms with Crippen molar-refractivity contribution in [2.75, 3.05) is 72.5 Å². The Hall–Kier alpha value is -0.470. The van der Waals surface area contributed by atoms with Gasteiger partial charge in [0, 0.05) is 38.6 Å². The second kappa shape index (κ2) is 18.8. The van der Waals surface area contributed by atoms with Crippen molar-refractivity contribution < 1.29 is 51.6 Å². The molecule has 1 amide bonds. The zero-order valence-corrected chi connectivity index (χ0v) is 22.2. The van der Waals surface area contributed by atoms with Crippen LogP contribution in [0.2, 0.25) is 0 Å². The van der Waals surface area contributed by atoms with Crippen molar-refractivity contribution in [3.63, 3.8) is 0 Å². The highest BCUT2D eigenvalue weighted by Gasteiger charge is 2.23. The largest absolute Gasteiger partial charge is 0.473 e. The van der Waals surface area contributed by atoms with Crippen LogP contribution in [0.1, 0.15) is 27.7 Å². The van der Waals surface area contributed by atoms with Gasteiger partial charge in [-0.2, -0.15) is 0 Å². The van der Waals surface area contributed by atoms with E-state index in [1.54, 1.807) is 13.8 Å². The highest BCUT2D eigenvalue weighted by Crippen LogP contribution is 2.43. The van der Waals surface area contributed by atoms with E-state index in [2.05, 4.69) is 10.6 Å². The summed E-state index contributed by atoms with van der Waals surface area (Å²) in [6, 6.07) is 0. The van der Waals surface area contributed by atoms with Crippen molar-refractivity contribution in [1.82, 2.24) is 15.5 Å². The molecular formula is C18H41N3O11P2. The minimum absolute atomic E-state index is 0.0137. The molecule has 0 saturated carbocycles. The van der Waals surface area contributed by atoms with Gasteiger partial charge in [-0.3, -0.25) is 28.2 Å². The summed E-state index contributed by atoms with van der Waals surface area (Å²) in [5.41, 5.74) is 0. The van der Waals surface area contributed by atoms with E-state index in [0.29, 0.717) is 19.7 Å². The average molecular weight is 537 g/mol. The minimum atomic E-state index is -4.38. The molecule has 0 aromatic rings. The van der Waals surface area contributed by atoms with E-state index < -0.39 is 15.6 Å². The smallest absolute Gasteiger partial charge is 0.395 e.